The van der Waals surface area contributed by atoms with Crippen LogP contribution in [0.2, 0.25) is 0 Å². The first kappa shape index (κ1) is 10.3. The van der Waals surface area contributed by atoms with Crippen molar-refractivity contribution in [2.45, 2.75) is 19.8 Å². The van der Waals surface area contributed by atoms with Gasteiger partial charge in [-0.3, -0.25) is 0 Å². The van der Waals surface area contributed by atoms with Crippen LogP contribution in [0, 0.1) is 0 Å². The fraction of sp³-hybridized carbons (Fsp3) is 0.636. The summed E-state index contributed by atoms with van der Waals surface area (Å²) < 4.78 is 0. The van der Waals surface area contributed by atoms with Gasteiger partial charge in [-0.15, -0.1) is 0 Å². The number of hydrogen-bond donors (Lipinski definition) is 1. The third-order valence-electron chi connectivity index (χ3n) is 2.32. The third-order valence-corrected chi connectivity index (χ3v) is 2.32. The van der Waals surface area contributed by atoms with Gasteiger partial charge in [0.25, 0.3) is 0 Å². The molecule has 0 aromatic carbocycles. The molecule has 0 amide bonds. The third kappa shape index (κ3) is 3.23. The minimum atomic E-state index is 0.955. The second kappa shape index (κ2) is 5.81. The molecule has 0 saturated carbocycles. The van der Waals surface area contributed by atoms with Gasteiger partial charge < -0.3 is 10.2 Å². The number of nitrogens with one attached hydrogen (secondary N) is 1. The first-order valence-corrected chi connectivity index (χ1v) is 5.11. The summed E-state index contributed by atoms with van der Waals surface area (Å²) in [7, 11) is 1.98. The summed E-state index contributed by atoms with van der Waals surface area (Å²) in [5.74, 6) is 0. The van der Waals surface area contributed by atoms with Crippen LogP contribution in [0.3, 0.4) is 0 Å². The summed E-state index contributed by atoms with van der Waals surface area (Å²) in [5, 5.41) is 3.14. The lowest BCUT2D eigenvalue weighted by Gasteiger charge is -2.18. The van der Waals surface area contributed by atoms with Gasteiger partial charge in [-0.25, -0.2) is 0 Å². The van der Waals surface area contributed by atoms with Crippen molar-refractivity contribution in [2.24, 2.45) is 0 Å². The first-order valence-electron chi connectivity index (χ1n) is 5.11. The zero-order valence-electron chi connectivity index (χ0n) is 8.71. The van der Waals surface area contributed by atoms with E-state index >= 15 is 0 Å². The second-order valence-corrected chi connectivity index (χ2v) is 3.38. The van der Waals surface area contributed by atoms with E-state index < -0.39 is 0 Å². The molecule has 1 fully saturated rings. The van der Waals surface area contributed by atoms with Crippen LogP contribution in [0.1, 0.15) is 19.8 Å². The Bertz CT molecular complexity index is 188. The number of rotatable bonds is 4. The topological polar surface area (TPSA) is 15.3 Å². The molecule has 1 N–H and O–H groups in total. The molecule has 1 aliphatic heterocycles. The summed E-state index contributed by atoms with van der Waals surface area (Å²) in [6.45, 7) is 5.47. The van der Waals surface area contributed by atoms with E-state index in [0.717, 1.165) is 6.54 Å². The Labute approximate surface area is 81.3 Å². The summed E-state index contributed by atoms with van der Waals surface area (Å²) >= 11 is 0. The van der Waals surface area contributed by atoms with Crippen LogP contribution in [-0.2, 0) is 0 Å². The highest BCUT2D eigenvalue weighted by molar-refractivity contribution is 5.18. The summed E-state index contributed by atoms with van der Waals surface area (Å²) in [6.07, 6.45) is 9.25. The molecule has 13 heavy (non-hydrogen) atoms. The minimum Gasteiger partial charge on any atom is -0.372 e. The molecule has 0 aliphatic carbocycles. The predicted molar refractivity (Wildman–Crippen MR) is 57.6 cm³/mol. The van der Waals surface area contributed by atoms with Gasteiger partial charge in [0, 0.05) is 25.3 Å². The van der Waals surface area contributed by atoms with Crippen LogP contribution < -0.4 is 5.32 Å². The van der Waals surface area contributed by atoms with E-state index in [0.29, 0.717) is 0 Å². The molecule has 0 unspecified atom stereocenters. The Hall–Kier alpha value is -0.760. The monoisotopic (exact) mass is 180 g/mol. The average molecular weight is 180 g/mol. The standard InChI is InChI=1S/C11H20N2/c1-3-6-11(7-8-12-2)13-9-4-5-10-13/h3,6-7,12H,4-5,8-10H2,1-2H3/b6-3-,11-7+. The molecule has 0 bridgehead atoms. The molecule has 0 spiro atoms. The van der Waals surface area contributed by atoms with Crippen molar-refractivity contribution < 1.29 is 0 Å². The van der Waals surface area contributed by atoms with Gasteiger partial charge in [0.15, 0.2) is 0 Å². The van der Waals surface area contributed by atoms with Gasteiger partial charge in [-0.2, -0.15) is 0 Å². The van der Waals surface area contributed by atoms with Crippen molar-refractivity contribution in [3.05, 3.63) is 23.9 Å². The Kier molecular flexibility index (Phi) is 4.61. The van der Waals surface area contributed by atoms with Crippen LogP contribution in [0.15, 0.2) is 23.9 Å². The van der Waals surface area contributed by atoms with Crippen LogP contribution in [0.4, 0.5) is 0 Å². The van der Waals surface area contributed by atoms with E-state index in [2.05, 4.69) is 35.4 Å². The normalized spacial score (nSPS) is 18.9. The molecule has 0 atom stereocenters. The molecular formula is C11H20N2. The van der Waals surface area contributed by atoms with Crippen molar-refractivity contribution in [2.75, 3.05) is 26.7 Å². The van der Waals surface area contributed by atoms with E-state index in [9.17, 15) is 0 Å². The van der Waals surface area contributed by atoms with Crippen LogP contribution in [0.25, 0.3) is 0 Å². The maximum absolute atomic E-state index is 3.14. The summed E-state index contributed by atoms with van der Waals surface area (Å²) in [5.41, 5.74) is 1.37. The van der Waals surface area contributed by atoms with E-state index in [-0.39, 0.29) is 0 Å². The van der Waals surface area contributed by atoms with Gasteiger partial charge in [0.05, 0.1) is 0 Å². The van der Waals surface area contributed by atoms with E-state index in [1.807, 2.05) is 7.05 Å². The Morgan fingerprint density at radius 2 is 2.08 bits per heavy atom. The highest BCUT2D eigenvalue weighted by Gasteiger charge is 2.11. The fourth-order valence-electron chi connectivity index (χ4n) is 1.66. The van der Waals surface area contributed by atoms with Gasteiger partial charge >= 0.3 is 0 Å². The lowest BCUT2D eigenvalue weighted by Crippen LogP contribution is -2.19. The predicted octanol–water partition coefficient (Wildman–Crippen LogP) is 1.76. The maximum atomic E-state index is 3.14. The van der Waals surface area contributed by atoms with E-state index in [1.54, 1.807) is 0 Å². The maximum Gasteiger partial charge on any atom is 0.0335 e. The van der Waals surface area contributed by atoms with Crippen LogP contribution >= 0.6 is 0 Å². The number of hydrogen-bond acceptors (Lipinski definition) is 2. The molecule has 1 aliphatic rings. The second-order valence-electron chi connectivity index (χ2n) is 3.38. The summed E-state index contributed by atoms with van der Waals surface area (Å²) in [4.78, 5) is 2.46. The molecule has 1 rings (SSSR count). The number of likely N-dealkylation sites (tertiary alicyclic amines) is 1. The minimum absolute atomic E-state index is 0.955. The van der Waals surface area contributed by atoms with Crippen LogP contribution in [-0.4, -0.2) is 31.6 Å². The highest BCUT2D eigenvalue weighted by Crippen LogP contribution is 2.15. The lowest BCUT2D eigenvalue weighted by atomic mass is 10.3. The first-order chi connectivity index (χ1) is 6.38. The van der Waals surface area contributed by atoms with Crippen molar-refractivity contribution in [1.29, 1.82) is 0 Å². The molecule has 0 radical (unpaired) electrons. The van der Waals surface area contributed by atoms with Gasteiger partial charge in [0.2, 0.25) is 0 Å². The van der Waals surface area contributed by atoms with Crippen molar-refractivity contribution >= 4 is 0 Å². The molecule has 74 valence electrons. The smallest absolute Gasteiger partial charge is 0.0335 e. The van der Waals surface area contributed by atoms with Crippen molar-refractivity contribution in [3.63, 3.8) is 0 Å². The SMILES string of the molecule is C/C=C\C(=C/CNC)N1CCCC1. The number of nitrogens with zero attached hydrogens (tertiary/aromatic N) is 1. The van der Waals surface area contributed by atoms with Crippen molar-refractivity contribution in [3.8, 4) is 0 Å². The average Bonchev–Trinajstić information content (AvgIpc) is 2.65. The molecule has 1 heterocycles. The number of allylic oxidation sites excluding steroid dienone is 2. The van der Waals surface area contributed by atoms with Crippen molar-refractivity contribution in [1.82, 2.24) is 10.2 Å². The number of likely N-dealkylation sites (N-methyl/N-ethyl adjacent to an activating group) is 1. The molecule has 0 aromatic rings. The molecule has 1 saturated heterocycles. The van der Waals surface area contributed by atoms with Crippen LogP contribution in [0.5, 0.6) is 0 Å². The molecule has 0 aromatic heterocycles. The Morgan fingerprint density at radius 1 is 1.38 bits per heavy atom. The molecule has 2 nitrogen and oxygen atoms in total. The van der Waals surface area contributed by atoms with Gasteiger partial charge in [-0.05, 0) is 39.0 Å². The zero-order valence-corrected chi connectivity index (χ0v) is 8.71. The molecule has 2 heteroatoms. The Balaban J connectivity index is 2.54. The van der Waals surface area contributed by atoms with Gasteiger partial charge in [0.1, 0.15) is 0 Å². The Morgan fingerprint density at radius 3 is 2.62 bits per heavy atom. The fourth-order valence-corrected chi connectivity index (χ4v) is 1.66. The van der Waals surface area contributed by atoms with E-state index in [4.69, 9.17) is 0 Å². The highest BCUT2D eigenvalue weighted by atomic mass is 15.1. The lowest BCUT2D eigenvalue weighted by molar-refractivity contribution is 0.438. The largest absolute Gasteiger partial charge is 0.372 e. The zero-order chi connectivity index (χ0) is 9.52. The molecular weight excluding hydrogens is 160 g/mol. The quantitative estimate of drug-likeness (QED) is 0.663. The van der Waals surface area contributed by atoms with Gasteiger partial charge in [-0.1, -0.05) is 6.08 Å². The summed E-state index contributed by atoms with van der Waals surface area (Å²) in [6, 6.07) is 0. The van der Waals surface area contributed by atoms with E-state index in [1.165, 1.54) is 31.6 Å².